The van der Waals surface area contributed by atoms with Crippen LogP contribution in [0.5, 0.6) is 0 Å². The second kappa shape index (κ2) is 4.69. The van der Waals surface area contributed by atoms with Crippen LogP contribution >= 0.6 is 11.6 Å². The lowest BCUT2D eigenvalue weighted by Crippen LogP contribution is -2.19. The summed E-state index contributed by atoms with van der Waals surface area (Å²) in [7, 11) is 2.03. The van der Waals surface area contributed by atoms with Crippen LogP contribution in [-0.4, -0.2) is 29.5 Å². The number of halogens is 1. The van der Waals surface area contributed by atoms with E-state index in [2.05, 4.69) is 34.3 Å². The number of aromatic nitrogens is 1. The van der Waals surface area contributed by atoms with Gasteiger partial charge in [0, 0.05) is 23.6 Å². The van der Waals surface area contributed by atoms with Crippen LogP contribution in [0.15, 0.2) is 30.5 Å². The van der Waals surface area contributed by atoms with Crippen molar-refractivity contribution in [3.63, 3.8) is 0 Å². The number of H-pyrrole nitrogens is 1. The van der Waals surface area contributed by atoms with Gasteiger partial charge in [0.25, 0.3) is 0 Å². The van der Waals surface area contributed by atoms with Gasteiger partial charge in [0.05, 0.1) is 6.00 Å². The molecule has 0 atom stereocenters. The number of hydrogen-bond donors (Lipinski definition) is 1. The molecule has 0 unspecified atom stereocenters. The lowest BCUT2D eigenvalue weighted by atomic mass is 10.1. The summed E-state index contributed by atoms with van der Waals surface area (Å²) in [5.41, 5.74) is 2.57. The van der Waals surface area contributed by atoms with Crippen molar-refractivity contribution in [1.82, 2.24) is 9.88 Å². The third-order valence-corrected chi connectivity index (χ3v) is 3.05. The molecule has 0 saturated carbocycles. The number of fused-ring (bicyclic) bond motifs is 1. The third kappa shape index (κ3) is 2.33. The van der Waals surface area contributed by atoms with Crippen LogP contribution in [0.1, 0.15) is 5.56 Å². The van der Waals surface area contributed by atoms with Crippen molar-refractivity contribution in [3.8, 4) is 0 Å². The van der Waals surface area contributed by atoms with E-state index in [1.165, 1.54) is 16.5 Å². The first-order chi connectivity index (χ1) is 7.31. The zero-order chi connectivity index (χ0) is 10.7. The van der Waals surface area contributed by atoms with Gasteiger partial charge in [-0.3, -0.25) is 4.90 Å². The highest BCUT2D eigenvalue weighted by Gasteiger charge is 2.03. The molecule has 0 fully saturated rings. The molecular formula is C12H15ClN2. The van der Waals surface area contributed by atoms with Gasteiger partial charge < -0.3 is 4.98 Å². The first-order valence-electron chi connectivity index (χ1n) is 5.11. The maximum atomic E-state index is 5.73. The predicted octanol–water partition coefficient (Wildman–Crippen LogP) is 2.84. The molecule has 2 aromatic rings. The topological polar surface area (TPSA) is 19.0 Å². The summed E-state index contributed by atoms with van der Waals surface area (Å²) >= 11 is 5.73. The molecule has 1 heterocycles. The molecule has 0 amide bonds. The highest BCUT2D eigenvalue weighted by atomic mass is 35.5. The molecule has 0 saturated heterocycles. The highest BCUT2D eigenvalue weighted by Crippen LogP contribution is 2.18. The Morgan fingerprint density at radius 2 is 2.13 bits per heavy atom. The van der Waals surface area contributed by atoms with Gasteiger partial charge >= 0.3 is 0 Å². The van der Waals surface area contributed by atoms with E-state index in [0.717, 1.165) is 13.0 Å². The average molecular weight is 223 g/mol. The highest BCUT2D eigenvalue weighted by molar-refractivity contribution is 6.17. The molecule has 0 bridgehead atoms. The summed E-state index contributed by atoms with van der Waals surface area (Å²) in [6, 6.07) is 8.97. The molecule has 0 aliphatic carbocycles. The molecule has 0 radical (unpaired) electrons. The van der Waals surface area contributed by atoms with Crippen LogP contribution in [0.25, 0.3) is 10.9 Å². The SMILES string of the molecule is CN(CCl)CCc1c[nH]c2ccccc12. The summed E-state index contributed by atoms with van der Waals surface area (Å²) < 4.78 is 0. The van der Waals surface area contributed by atoms with E-state index in [0.29, 0.717) is 6.00 Å². The van der Waals surface area contributed by atoms with Crippen LogP contribution < -0.4 is 0 Å². The standard InChI is InChI=1S/C12H15ClN2/c1-15(9-13)7-6-10-8-14-12-5-3-2-4-11(10)12/h2-5,8,14H,6-7,9H2,1H3. The molecule has 15 heavy (non-hydrogen) atoms. The van der Waals surface area contributed by atoms with Gasteiger partial charge in [-0.2, -0.15) is 0 Å². The number of alkyl halides is 1. The number of benzene rings is 1. The summed E-state index contributed by atoms with van der Waals surface area (Å²) in [5.74, 6) is 0. The van der Waals surface area contributed by atoms with Crippen LogP contribution in [-0.2, 0) is 6.42 Å². The smallest absolute Gasteiger partial charge is 0.0736 e. The van der Waals surface area contributed by atoms with Gasteiger partial charge in [-0.1, -0.05) is 18.2 Å². The van der Waals surface area contributed by atoms with Crippen molar-refractivity contribution in [1.29, 1.82) is 0 Å². The first kappa shape index (κ1) is 10.5. The van der Waals surface area contributed by atoms with E-state index in [4.69, 9.17) is 11.6 Å². The number of nitrogens with one attached hydrogen (secondary N) is 1. The number of likely N-dealkylation sites (N-methyl/N-ethyl adjacent to an activating group) is 1. The Kier molecular flexibility index (Phi) is 3.29. The first-order valence-corrected chi connectivity index (χ1v) is 5.64. The van der Waals surface area contributed by atoms with Gasteiger partial charge in [-0.05, 0) is 25.1 Å². The summed E-state index contributed by atoms with van der Waals surface area (Å²) in [4.78, 5) is 5.38. The fourth-order valence-electron chi connectivity index (χ4n) is 1.71. The van der Waals surface area contributed by atoms with Gasteiger partial charge in [0.2, 0.25) is 0 Å². The monoisotopic (exact) mass is 222 g/mol. The normalized spacial score (nSPS) is 11.4. The second-order valence-corrected chi connectivity index (χ2v) is 4.05. The van der Waals surface area contributed by atoms with Crippen LogP contribution in [0, 0.1) is 0 Å². The van der Waals surface area contributed by atoms with E-state index in [1.54, 1.807) is 0 Å². The average Bonchev–Trinajstić information content (AvgIpc) is 2.69. The molecule has 0 spiro atoms. The number of nitrogens with zero attached hydrogens (tertiary/aromatic N) is 1. The molecule has 3 heteroatoms. The Balaban J connectivity index is 2.14. The lowest BCUT2D eigenvalue weighted by Gasteiger charge is -2.11. The van der Waals surface area contributed by atoms with Crippen LogP contribution in [0.3, 0.4) is 0 Å². The fourth-order valence-corrected chi connectivity index (χ4v) is 1.83. The lowest BCUT2D eigenvalue weighted by molar-refractivity contribution is 0.394. The van der Waals surface area contributed by atoms with Gasteiger partial charge in [0.15, 0.2) is 0 Å². The molecule has 1 aromatic carbocycles. The Morgan fingerprint density at radius 1 is 1.33 bits per heavy atom. The Hall–Kier alpha value is -0.990. The van der Waals surface area contributed by atoms with E-state index in [1.807, 2.05) is 13.1 Å². The van der Waals surface area contributed by atoms with Crippen LogP contribution in [0.2, 0.25) is 0 Å². The molecule has 2 nitrogen and oxygen atoms in total. The Bertz CT molecular complexity index is 436. The number of para-hydroxylation sites is 1. The van der Waals surface area contributed by atoms with Crippen molar-refractivity contribution in [3.05, 3.63) is 36.0 Å². The van der Waals surface area contributed by atoms with E-state index in [-0.39, 0.29) is 0 Å². The molecule has 80 valence electrons. The number of hydrogen-bond acceptors (Lipinski definition) is 1. The maximum absolute atomic E-state index is 5.73. The van der Waals surface area contributed by atoms with E-state index < -0.39 is 0 Å². The predicted molar refractivity (Wildman–Crippen MR) is 65.4 cm³/mol. The fraction of sp³-hybridized carbons (Fsp3) is 0.333. The van der Waals surface area contributed by atoms with Crippen molar-refractivity contribution >= 4 is 22.5 Å². The molecule has 1 aromatic heterocycles. The van der Waals surface area contributed by atoms with Crippen LogP contribution in [0.4, 0.5) is 0 Å². The molecular weight excluding hydrogens is 208 g/mol. The zero-order valence-corrected chi connectivity index (χ0v) is 9.59. The van der Waals surface area contributed by atoms with E-state index >= 15 is 0 Å². The quantitative estimate of drug-likeness (QED) is 0.623. The molecule has 0 aliphatic heterocycles. The van der Waals surface area contributed by atoms with Crippen molar-refractivity contribution in [2.24, 2.45) is 0 Å². The number of aromatic amines is 1. The van der Waals surface area contributed by atoms with Crippen molar-refractivity contribution in [2.75, 3.05) is 19.6 Å². The van der Waals surface area contributed by atoms with E-state index in [9.17, 15) is 0 Å². The largest absolute Gasteiger partial charge is 0.361 e. The maximum Gasteiger partial charge on any atom is 0.0736 e. The second-order valence-electron chi connectivity index (χ2n) is 3.81. The minimum Gasteiger partial charge on any atom is -0.361 e. The molecule has 1 N–H and O–H groups in total. The summed E-state index contributed by atoms with van der Waals surface area (Å²) in [6.45, 7) is 0.991. The zero-order valence-electron chi connectivity index (χ0n) is 8.83. The molecule has 2 rings (SSSR count). The minimum atomic E-state index is 0.586. The summed E-state index contributed by atoms with van der Waals surface area (Å²) in [6.07, 6.45) is 3.12. The Morgan fingerprint density at radius 3 is 2.93 bits per heavy atom. The molecule has 0 aliphatic rings. The van der Waals surface area contributed by atoms with Crippen molar-refractivity contribution in [2.45, 2.75) is 6.42 Å². The minimum absolute atomic E-state index is 0.586. The van der Waals surface area contributed by atoms with Gasteiger partial charge in [-0.15, -0.1) is 11.6 Å². The Labute approximate surface area is 94.8 Å². The number of rotatable bonds is 4. The van der Waals surface area contributed by atoms with Crippen molar-refractivity contribution < 1.29 is 0 Å². The third-order valence-electron chi connectivity index (χ3n) is 2.64. The van der Waals surface area contributed by atoms with Gasteiger partial charge in [0.1, 0.15) is 0 Å². The summed E-state index contributed by atoms with van der Waals surface area (Å²) in [5, 5.41) is 1.32. The van der Waals surface area contributed by atoms with Gasteiger partial charge in [-0.25, -0.2) is 0 Å².